The molecule has 4 aliphatic rings. The topological polar surface area (TPSA) is 25.2 Å². The maximum atomic E-state index is 5.14. The van der Waals surface area contributed by atoms with Gasteiger partial charge in [-0.3, -0.25) is 9.98 Å². The van der Waals surface area contributed by atoms with Crippen LogP contribution < -0.4 is 0 Å². The Morgan fingerprint density at radius 2 is 1.93 bits per heavy atom. The first kappa shape index (κ1) is 17.9. The first-order valence-corrected chi connectivity index (χ1v) is 11.5. The summed E-state index contributed by atoms with van der Waals surface area (Å²) in [5, 5.41) is 0. The number of pyridine rings is 1. The fourth-order valence-corrected chi connectivity index (χ4v) is 8.01. The van der Waals surface area contributed by atoms with Crippen molar-refractivity contribution in [2.45, 2.75) is 84.6 Å². The molecule has 4 aliphatic carbocycles. The Balaban J connectivity index is 1.38. The van der Waals surface area contributed by atoms with Crippen molar-refractivity contribution in [3.63, 3.8) is 0 Å². The molecule has 2 heteroatoms. The van der Waals surface area contributed by atoms with Crippen LogP contribution in [0.2, 0.25) is 0 Å². The van der Waals surface area contributed by atoms with Crippen molar-refractivity contribution in [2.75, 3.05) is 0 Å². The van der Waals surface area contributed by atoms with E-state index in [0.717, 1.165) is 35.9 Å². The maximum absolute atomic E-state index is 5.14. The van der Waals surface area contributed by atoms with Crippen molar-refractivity contribution in [3.8, 4) is 0 Å². The summed E-state index contributed by atoms with van der Waals surface area (Å²) in [6.45, 7) is 6.02. The van der Waals surface area contributed by atoms with Crippen LogP contribution in [-0.4, -0.2) is 10.7 Å². The molecule has 4 fully saturated rings. The molecule has 0 amide bonds. The van der Waals surface area contributed by atoms with Crippen molar-refractivity contribution in [1.82, 2.24) is 4.98 Å². The summed E-state index contributed by atoms with van der Waals surface area (Å²) in [5.41, 5.74) is 3.65. The lowest BCUT2D eigenvalue weighted by Gasteiger charge is -2.59. The minimum atomic E-state index is 0.369. The molecule has 0 radical (unpaired) electrons. The van der Waals surface area contributed by atoms with Crippen LogP contribution in [0.4, 0.5) is 0 Å². The van der Waals surface area contributed by atoms with Gasteiger partial charge in [0.2, 0.25) is 0 Å². The molecule has 0 spiro atoms. The molecule has 1 aromatic heterocycles. The molecule has 0 N–H and O–H groups in total. The average Bonchev–Trinajstić information content (AvgIpc) is 3.03. The lowest BCUT2D eigenvalue weighted by atomic mass is 9.45. The largest absolute Gasteiger partial charge is 0.287 e. The Kier molecular flexibility index (Phi) is 4.44. The molecule has 5 rings (SSSR count). The molecule has 2 nitrogen and oxygen atoms in total. The van der Waals surface area contributed by atoms with E-state index < -0.39 is 0 Å². The monoisotopic (exact) mass is 364 g/mol. The normalized spacial score (nSPS) is 45.2. The molecule has 6 unspecified atom stereocenters. The second-order valence-electron chi connectivity index (χ2n) is 10.5. The average molecular weight is 365 g/mol. The van der Waals surface area contributed by atoms with Crippen molar-refractivity contribution in [2.24, 2.45) is 39.5 Å². The number of aromatic nitrogens is 1. The van der Waals surface area contributed by atoms with Crippen LogP contribution in [0.15, 0.2) is 29.4 Å². The first-order chi connectivity index (χ1) is 13.1. The van der Waals surface area contributed by atoms with Gasteiger partial charge in [-0.05, 0) is 92.6 Å². The highest BCUT2D eigenvalue weighted by Crippen LogP contribution is 2.65. The molecule has 27 heavy (non-hydrogen) atoms. The van der Waals surface area contributed by atoms with Crippen LogP contribution in [0.1, 0.15) is 83.7 Å². The van der Waals surface area contributed by atoms with Crippen LogP contribution in [0, 0.1) is 34.5 Å². The van der Waals surface area contributed by atoms with Gasteiger partial charge in [0.15, 0.2) is 0 Å². The van der Waals surface area contributed by atoms with Crippen molar-refractivity contribution >= 4 is 5.71 Å². The fourth-order valence-electron chi connectivity index (χ4n) is 8.01. The van der Waals surface area contributed by atoms with Gasteiger partial charge in [0, 0.05) is 17.3 Å². The quantitative estimate of drug-likeness (QED) is 0.591. The minimum absolute atomic E-state index is 0.369. The molecule has 1 aromatic rings. The standard InChI is InChI=1S/C25H36N2/c1-24-14-5-3-7-18(24)9-10-20-21-11-12-23(25(21,2)15-13-22(20)24)27-17-19-8-4-6-16-26-19/h4,6,8,16,18,20-22H,3,5,7,9-15,17H2,1-2H3. The zero-order chi connectivity index (χ0) is 18.5. The summed E-state index contributed by atoms with van der Waals surface area (Å²) in [6, 6.07) is 6.18. The highest BCUT2D eigenvalue weighted by Gasteiger charge is 2.58. The van der Waals surface area contributed by atoms with E-state index in [1.807, 2.05) is 12.3 Å². The Hall–Kier alpha value is -1.18. The predicted molar refractivity (Wildman–Crippen MR) is 112 cm³/mol. The third-order valence-corrected chi connectivity index (χ3v) is 9.48. The molecule has 0 aromatic carbocycles. The molecular formula is C25H36N2. The van der Waals surface area contributed by atoms with E-state index in [0.29, 0.717) is 10.8 Å². The highest BCUT2D eigenvalue weighted by molar-refractivity contribution is 5.92. The van der Waals surface area contributed by atoms with Crippen LogP contribution in [0.3, 0.4) is 0 Å². The van der Waals surface area contributed by atoms with E-state index in [1.54, 1.807) is 0 Å². The van der Waals surface area contributed by atoms with Gasteiger partial charge in [0.25, 0.3) is 0 Å². The Bertz CT molecular complexity index is 710. The maximum Gasteiger partial charge on any atom is 0.0811 e. The van der Waals surface area contributed by atoms with Gasteiger partial charge in [-0.1, -0.05) is 32.8 Å². The first-order valence-electron chi connectivity index (χ1n) is 11.5. The summed E-state index contributed by atoms with van der Waals surface area (Å²) in [7, 11) is 0. The van der Waals surface area contributed by atoms with Crippen molar-refractivity contribution in [3.05, 3.63) is 30.1 Å². The lowest BCUT2D eigenvalue weighted by Crippen LogP contribution is -2.52. The number of hydrogen-bond acceptors (Lipinski definition) is 2. The van der Waals surface area contributed by atoms with Gasteiger partial charge in [-0.25, -0.2) is 0 Å². The number of rotatable bonds is 2. The molecule has 4 saturated carbocycles. The van der Waals surface area contributed by atoms with Crippen molar-refractivity contribution < 1.29 is 0 Å². The van der Waals surface area contributed by atoms with Crippen molar-refractivity contribution in [1.29, 1.82) is 0 Å². The summed E-state index contributed by atoms with van der Waals surface area (Å²) >= 11 is 0. The predicted octanol–water partition coefficient (Wildman–Crippen LogP) is 6.46. The highest BCUT2D eigenvalue weighted by atomic mass is 14.8. The van der Waals surface area contributed by atoms with E-state index >= 15 is 0 Å². The molecule has 6 atom stereocenters. The van der Waals surface area contributed by atoms with E-state index in [9.17, 15) is 0 Å². The van der Waals surface area contributed by atoms with E-state index in [1.165, 1.54) is 69.9 Å². The molecule has 0 aliphatic heterocycles. The Labute approximate surface area is 165 Å². The number of aliphatic imine (C=N–C) groups is 1. The van der Waals surface area contributed by atoms with Gasteiger partial charge < -0.3 is 0 Å². The zero-order valence-corrected chi connectivity index (χ0v) is 17.3. The Morgan fingerprint density at radius 1 is 1.00 bits per heavy atom. The third kappa shape index (κ3) is 2.81. The minimum Gasteiger partial charge on any atom is -0.287 e. The molecule has 1 heterocycles. The zero-order valence-electron chi connectivity index (χ0n) is 17.3. The van der Waals surface area contributed by atoms with E-state index in [4.69, 9.17) is 4.99 Å². The van der Waals surface area contributed by atoms with Crippen LogP contribution in [0.25, 0.3) is 0 Å². The molecule has 146 valence electrons. The Morgan fingerprint density at radius 3 is 2.78 bits per heavy atom. The van der Waals surface area contributed by atoms with E-state index in [-0.39, 0.29) is 0 Å². The van der Waals surface area contributed by atoms with Gasteiger partial charge in [0.1, 0.15) is 0 Å². The molecule has 0 bridgehead atoms. The number of hydrogen-bond donors (Lipinski definition) is 0. The van der Waals surface area contributed by atoms with Gasteiger partial charge in [0.05, 0.1) is 12.2 Å². The van der Waals surface area contributed by atoms with Crippen LogP contribution >= 0.6 is 0 Å². The molecular weight excluding hydrogens is 328 g/mol. The fraction of sp³-hybridized carbons (Fsp3) is 0.760. The summed E-state index contributed by atoms with van der Waals surface area (Å²) in [4.78, 5) is 9.62. The van der Waals surface area contributed by atoms with Gasteiger partial charge >= 0.3 is 0 Å². The second-order valence-corrected chi connectivity index (χ2v) is 10.5. The number of nitrogens with zero attached hydrogens (tertiary/aromatic N) is 2. The van der Waals surface area contributed by atoms with Gasteiger partial charge in [-0.2, -0.15) is 0 Å². The summed E-state index contributed by atoms with van der Waals surface area (Å²) in [6.07, 6.45) is 16.3. The van der Waals surface area contributed by atoms with Gasteiger partial charge in [-0.15, -0.1) is 0 Å². The smallest absolute Gasteiger partial charge is 0.0811 e. The SMILES string of the molecule is CC12CCC3C(CCC4CCCCC43C)C1CCC2=NCc1ccccn1. The summed E-state index contributed by atoms with van der Waals surface area (Å²) < 4.78 is 0. The van der Waals surface area contributed by atoms with Crippen LogP contribution in [0.5, 0.6) is 0 Å². The third-order valence-electron chi connectivity index (χ3n) is 9.48. The lowest BCUT2D eigenvalue weighted by molar-refractivity contribution is -0.0936. The van der Waals surface area contributed by atoms with Crippen LogP contribution in [-0.2, 0) is 6.54 Å². The molecule has 0 saturated heterocycles. The summed E-state index contributed by atoms with van der Waals surface area (Å²) in [5.74, 6) is 3.87. The second kappa shape index (κ2) is 6.71. The van der Waals surface area contributed by atoms with E-state index in [2.05, 4.69) is 31.0 Å². The number of fused-ring (bicyclic) bond motifs is 5.